The van der Waals surface area contributed by atoms with E-state index >= 15 is 0 Å². The molecule has 0 aliphatic heterocycles. The zero-order valence-corrected chi connectivity index (χ0v) is 14.7. The predicted molar refractivity (Wildman–Crippen MR) is 88.6 cm³/mol. The molecule has 0 saturated heterocycles. The van der Waals surface area contributed by atoms with Crippen molar-refractivity contribution in [3.63, 3.8) is 0 Å². The summed E-state index contributed by atoms with van der Waals surface area (Å²) in [6.45, 7) is 4.83. The Kier molecular flexibility index (Phi) is 7.37. The lowest BCUT2D eigenvalue weighted by atomic mass is 10.0. The first kappa shape index (κ1) is 19.6. The number of imide groups is 1. The standard InChI is InChI=1S/C15H21N3O5S/c1-8(2)11(17-13(20)10-6-5-7-24-10)14(21)23-9(3)12(19)18-15(22)16-4/h5-9,11H,1-4H3,(H,17,20)(H2,16,18,19,22)/t9-,11+/m0/s1. The molecular weight excluding hydrogens is 334 g/mol. The van der Waals surface area contributed by atoms with Crippen LogP contribution in [0.4, 0.5) is 4.79 Å². The molecule has 0 radical (unpaired) electrons. The van der Waals surface area contributed by atoms with Crippen molar-refractivity contribution in [3.05, 3.63) is 22.4 Å². The Morgan fingerprint density at radius 3 is 2.33 bits per heavy atom. The predicted octanol–water partition coefficient (Wildman–Crippen LogP) is 0.890. The van der Waals surface area contributed by atoms with Crippen LogP contribution in [0.1, 0.15) is 30.4 Å². The fraction of sp³-hybridized carbons (Fsp3) is 0.467. The second-order valence-corrected chi connectivity index (χ2v) is 6.27. The molecule has 0 aromatic carbocycles. The summed E-state index contributed by atoms with van der Waals surface area (Å²) in [5, 5.41) is 8.59. The summed E-state index contributed by atoms with van der Waals surface area (Å²) in [5.41, 5.74) is 0. The minimum absolute atomic E-state index is 0.240. The van der Waals surface area contributed by atoms with Crippen molar-refractivity contribution in [2.24, 2.45) is 5.92 Å². The Bertz CT molecular complexity index is 600. The molecule has 9 heteroatoms. The topological polar surface area (TPSA) is 114 Å². The van der Waals surface area contributed by atoms with Gasteiger partial charge in [0.1, 0.15) is 6.04 Å². The summed E-state index contributed by atoms with van der Waals surface area (Å²) in [7, 11) is 1.36. The van der Waals surface area contributed by atoms with Crippen LogP contribution in [-0.4, -0.2) is 43.0 Å². The van der Waals surface area contributed by atoms with Gasteiger partial charge in [0.25, 0.3) is 11.8 Å². The highest BCUT2D eigenvalue weighted by atomic mass is 32.1. The first-order valence-corrected chi connectivity index (χ1v) is 8.21. The van der Waals surface area contributed by atoms with Crippen molar-refractivity contribution >= 4 is 35.2 Å². The summed E-state index contributed by atoms with van der Waals surface area (Å²) >= 11 is 1.25. The maximum atomic E-state index is 12.2. The summed E-state index contributed by atoms with van der Waals surface area (Å²) < 4.78 is 5.06. The molecule has 1 aromatic heterocycles. The third kappa shape index (κ3) is 5.65. The second-order valence-electron chi connectivity index (χ2n) is 5.32. The number of thiophene rings is 1. The first-order chi connectivity index (χ1) is 11.3. The largest absolute Gasteiger partial charge is 0.451 e. The Morgan fingerprint density at radius 1 is 1.17 bits per heavy atom. The van der Waals surface area contributed by atoms with Crippen LogP contribution in [0.25, 0.3) is 0 Å². The molecule has 2 atom stereocenters. The van der Waals surface area contributed by atoms with E-state index in [1.807, 2.05) is 5.32 Å². The fourth-order valence-electron chi connectivity index (χ4n) is 1.69. The quantitative estimate of drug-likeness (QED) is 0.656. The van der Waals surface area contributed by atoms with Gasteiger partial charge < -0.3 is 15.4 Å². The van der Waals surface area contributed by atoms with Gasteiger partial charge in [0.05, 0.1) is 4.88 Å². The number of rotatable bonds is 6. The van der Waals surface area contributed by atoms with Crippen LogP contribution in [0.3, 0.4) is 0 Å². The molecule has 0 fully saturated rings. The molecule has 24 heavy (non-hydrogen) atoms. The van der Waals surface area contributed by atoms with Crippen LogP contribution in [0.15, 0.2) is 17.5 Å². The van der Waals surface area contributed by atoms with E-state index in [9.17, 15) is 19.2 Å². The van der Waals surface area contributed by atoms with E-state index in [0.29, 0.717) is 4.88 Å². The third-order valence-electron chi connectivity index (χ3n) is 3.08. The number of carbonyl (C=O) groups is 4. The molecule has 3 N–H and O–H groups in total. The molecule has 132 valence electrons. The molecule has 0 saturated carbocycles. The van der Waals surface area contributed by atoms with Crippen LogP contribution in [0, 0.1) is 5.92 Å². The van der Waals surface area contributed by atoms with E-state index in [1.54, 1.807) is 31.4 Å². The van der Waals surface area contributed by atoms with Gasteiger partial charge in [-0.15, -0.1) is 11.3 Å². The van der Waals surface area contributed by atoms with Crippen molar-refractivity contribution < 1.29 is 23.9 Å². The number of ether oxygens (including phenoxy) is 1. The van der Waals surface area contributed by atoms with Gasteiger partial charge in [-0.2, -0.15) is 0 Å². The van der Waals surface area contributed by atoms with E-state index in [0.717, 1.165) is 0 Å². The minimum atomic E-state index is -1.17. The van der Waals surface area contributed by atoms with Crippen LogP contribution in [0.2, 0.25) is 0 Å². The number of carbonyl (C=O) groups excluding carboxylic acids is 4. The van der Waals surface area contributed by atoms with Crippen molar-refractivity contribution in [2.75, 3.05) is 7.05 Å². The molecule has 1 heterocycles. The smallest absolute Gasteiger partial charge is 0.329 e. The number of nitrogens with one attached hydrogen (secondary N) is 3. The highest BCUT2D eigenvalue weighted by Gasteiger charge is 2.29. The number of hydrogen-bond donors (Lipinski definition) is 3. The molecule has 0 spiro atoms. The lowest BCUT2D eigenvalue weighted by molar-refractivity contribution is -0.157. The molecule has 1 aromatic rings. The Labute approximate surface area is 143 Å². The normalized spacial score (nSPS) is 12.9. The van der Waals surface area contributed by atoms with Crippen molar-refractivity contribution in [3.8, 4) is 0 Å². The van der Waals surface area contributed by atoms with Crippen LogP contribution in [0.5, 0.6) is 0 Å². The average molecular weight is 355 g/mol. The second kappa shape index (κ2) is 9.02. The zero-order chi connectivity index (χ0) is 18.3. The van der Waals surface area contributed by atoms with Gasteiger partial charge in [-0.25, -0.2) is 9.59 Å². The molecule has 0 bridgehead atoms. The molecule has 8 nitrogen and oxygen atoms in total. The maximum absolute atomic E-state index is 12.2. The van der Waals surface area contributed by atoms with Gasteiger partial charge >= 0.3 is 12.0 Å². The minimum Gasteiger partial charge on any atom is -0.451 e. The van der Waals surface area contributed by atoms with Gasteiger partial charge in [0.15, 0.2) is 6.10 Å². The Balaban J connectivity index is 2.68. The van der Waals surface area contributed by atoms with E-state index < -0.39 is 30.1 Å². The fourth-order valence-corrected chi connectivity index (χ4v) is 2.32. The number of hydrogen-bond acceptors (Lipinski definition) is 6. The lowest BCUT2D eigenvalue weighted by Crippen LogP contribution is -2.48. The summed E-state index contributed by atoms with van der Waals surface area (Å²) in [6.07, 6.45) is -1.17. The third-order valence-corrected chi connectivity index (χ3v) is 3.95. The first-order valence-electron chi connectivity index (χ1n) is 7.33. The highest BCUT2D eigenvalue weighted by Crippen LogP contribution is 2.11. The van der Waals surface area contributed by atoms with Crippen molar-refractivity contribution in [1.82, 2.24) is 16.0 Å². The van der Waals surface area contributed by atoms with E-state index in [1.165, 1.54) is 25.3 Å². The van der Waals surface area contributed by atoms with Crippen LogP contribution >= 0.6 is 11.3 Å². The van der Waals surface area contributed by atoms with E-state index in [-0.39, 0.29) is 11.8 Å². The molecule has 0 unspecified atom stereocenters. The van der Waals surface area contributed by atoms with Crippen LogP contribution in [-0.2, 0) is 14.3 Å². The van der Waals surface area contributed by atoms with E-state index in [4.69, 9.17) is 4.74 Å². The van der Waals surface area contributed by atoms with Gasteiger partial charge in [-0.3, -0.25) is 14.9 Å². The number of amides is 4. The molecule has 0 aliphatic carbocycles. The van der Waals surface area contributed by atoms with Gasteiger partial charge in [-0.05, 0) is 24.3 Å². The average Bonchev–Trinajstić information content (AvgIpc) is 3.05. The van der Waals surface area contributed by atoms with Crippen LogP contribution < -0.4 is 16.0 Å². The number of urea groups is 1. The maximum Gasteiger partial charge on any atom is 0.329 e. The van der Waals surface area contributed by atoms with Crippen molar-refractivity contribution in [2.45, 2.75) is 32.9 Å². The highest BCUT2D eigenvalue weighted by molar-refractivity contribution is 7.12. The lowest BCUT2D eigenvalue weighted by Gasteiger charge is -2.22. The SMILES string of the molecule is CNC(=O)NC(=O)[C@H](C)OC(=O)[C@H](NC(=O)c1cccs1)C(C)C. The van der Waals surface area contributed by atoms with Gasteiger partial charge in [0.2, 0.25) is 0 Å². The van der Waals surface area contributed by atoms with Gasteiger partial charge in [0, 0.05) is 7.05 Å². The molecular formula is C15H21N3O5S. The monoisotopic (exact) mass is 355 g/mol. The number of esters is 1. The molecule has 4 amide bonds. The van der Waals surface area contributed by atoms with Gasteiger partial charge in [-0.1, -0.05) is 19.9 Å². The molecule has 0 aliphatic rings. The zero-order valence-electron chi connectivity index (χ0n) is 13.9. The summed E-state index contributed by atoms with van der Waals surface area (Å²) in [4.78, 5) is 47.6. The summed E-state index contributed by atoms with van der Waals surface area (Å²) in [6, 6.07) is 1.76. The Hall–Kier alpha value is -2.42. The summed E-state index contributed by atoms with van der Waals surface area (Å²) in [5.74, 6) is -2.12. The van der Waals surface area contributed by atoms with Crippen molar-refractivity contribution in [1.29, 1.82) is 0 Å². The molecule has 1 rings (SSSR count). The van der Waals surface area contributed by atoms with E-state index in [2.05, 4.69) is 10.6 Å². The Morgan fingerprint density at radius 2 is 1.83 bits per heavy atom.